The summed E-state index contributed by atoms with van der Waals surface area (Å²) in [5.74, 6) is 0.774. The average molecular weight is 298 g/mol. The third kappa shape index (κ3) is 2.55. The van der Waals surface area contributed by atoms with Crippen LogP contribution >= 0.6 is 0 Å². The molecule has 0 unspecified atom stereocenters. The van der Waals surface area contributed by atoms with Crippen molar-refractivity contribution in [3.05, 3.63) is 52.3 Å². The van der Waals surface area contributed by atoms with Crippen molar-refractivity contribution in [2.45, 2.75) is 38.3 Å². The molecule has 1 aliphatic carbocycles. The summed E-state index contributed by atoms with van der Waals surface area (Å²) in [6.07, 6.45) is 2.08. The van der Waals surface area contributed by atoms with Gasteiger partial charge in [-0.3, -0.25) is 4.79 Å². The van der Waals surface area contributed by atoms with Gasteiger partial charge < -0.3 is 15.0 Å². The number of aromatic nitrogens is 1. The molecule has 2 aromatic rings. The van der Waals surface area contributed by atoms with Gasteiger partial charge in [-0.1, -0.05) is 12.1 Å². The minimum absolute atomic E-state index is 0.0124. The molecule has 0 saturated heterocycles. The Morgan fingerprint density at radius 2 is 1.86 bits per heavy atom. The standard InChI is InChI=1S/C18H22N2O2/c1-18(2,19)14-10-11-15(20(17(14)21)12-8-9-12)13-6-4-5-7-16(13)22-3/h4-7,10-12H,8-9,19H2,1-3H3. The van der Waals surface area contributed by atoms with E-state index >= 15 is 0 Å². The van der Waals surface area contributed by atoms with Crippen LogP contribution in [0.5, 0.6) is 5.75 Å². The fourth-order valence-electron chi connectivity index (χ4n) is 2.81. The molecule has 3 rings (SSSR count). The Morgan fingerprint density at radius 1 is 1.18 bits per heavy atom. The number of methoxy groups -OCH3 is 1. The molecule has 1 aromatic heterocycles. The molecule has 22 heavy (non-hydrogen) atoms. The second-order valence-corrected chi connectivity index (χ2v) is 6.46. The Bertz CT molecular complexity index is 752. The number of ether oxygens (including phenoxy) is 1. The van der Waals surface area contributed by atoms with E-state index < -0.39 is 5.54 Å². The first kappa shape index (κ1) is 14.9. The molecule has 0 atom stereocenters. The van der Waals surface area contributed by atoms with Crippen molar-refractivity contribution in [1.82, 2.24) is 4.57 Å². The van der Waals surface area contributed by atoms with Gasteiger partial charge in [0.1, 0.15) is 5.75 Å². The van der Waals surface area contributed by atoms with E-state index in [1.807, 2.05) is 54.8 Å². The first-order valence-corrected chi connectivity index (χ1v) is 7.62. The minimum atomic E-state index is -0.646. The second-order valence-electron chi connectivity index (χ2n) is 6.46. The van der Waals surface area contributed by atoms with Gasteiger partial charge in [0.05, 0.1) is 12.8 Å². The Labute approximate surface area is 130 Å². The maximum atomic E-state index is 12.9. The third-order valence-corrected chi connectivity index (χ3v) is 4.11. The van der Waals surface area contributed by atoms with Crippen LogP contribution in [-0.2, 0) is 5.54 Å². The normalized spacial score (nSPS) is 14.9. The van der Waals surface area contributed by atoms with E-state index in [1.54, 1.807) is 7.11 Å². The molecule has 4 heteroatoms. The fourth-order valence-corrected chi connectivity index (χ4v) is 2.81. The van der Waals surface area contributed by atoms with Crippen molar-refractivity contribution < 1.29 is 4.74 Å². The second kappa shape index (κ2) is 5.29. The number of nitrogens with two attached hydrogens (primary N) is 1. The fraction of sp³-hybridized carbons (Fsp3) is 0.389. The number of hydrogen-bond acceptors (Lipinski definition) is 3. The van der Waals surface area contributed by atoms with Gasteiger partial charge in [0.15, 0.2) is 0 Å². The number of rotatable bonds is 4. The van der Waals surface area contributed by atoms with Crippen LogP contribution < -0.4 is 16.0 Å². The largest absolute Gasteiger partial charge is 0.496 e. The third-order valence-electron chi connectivity index (χ3n) is 4.11. The predicted molar refractivity (Wildman–Crippen MR) is 88.2 cm³/mol. The molecule has 1 aliphatic rings. The van der Waals surface area contributed by atoms with Crippen LogP contribution in [0.1, 0.15) is 38.3 Å². The molecular formula is C18H22N2O2. The first-order valence-electron chi connectivity index (χ1n) is 7.62. The van der Waals surface area contributed by atoms with Gasteiger partial charge in [-0.25, -0.2) is 0 Å². The van der Waals surface area contributed by atoms with Crippen molar-refractivity contribution in [1.29, 1.82) is 0 Å². The zero-order valence-electron chi connectivity index (χ0n) is 13.3. The smallest absolute Gasteiger partial charge is 0.256 e. The molecule has 1 fully saturated rings. The van der Waals surface area contributed by atoms with E-state index in [-0.39, 0.29) is 11.6 Å². The van der Waals surface area contributed by atoms with E-state index in [4.69, 9.17) is 10.5 Å². The van der Waals surface area contributed by atoms with Crippen LogP contribution in [0.3, 0.4) is 0 Å². The number of para-hydroxylation sites is 1. The van der Waals surface area contributed by atoms with E-state index in [9.17, 15) is 4.79 Å². The topological polar surface area (TPSA) is 57.2 Å². The highest BCUT2D eigenvalue weighted by Crippen LogP contribution is 2.39. The summed E-state index contributed by atoms with van der Waals surface area (Å²) in [7, 11) is 1.65. The van der Waals surface area contributed by atoms with Gasteiger partial charge in [0.25, 0.3) is 5.56 Å². The summed E-state index contributed by atoms with van der Waals surface area (Å²) in [6.45, 7) is 3.73. The molecule has 0 amide bonds. The lowest BCUT2D eigenvalue weighted by Gasteiger charge is -2.22. The summed E-state index contributed by atoms with van der Waals surface area (Å²) in [5.41, 5.74) is 8.01. The van der Waals surface area contributed by atoms with Crippen molar-refractivity contribution >= 4 is 0 Å². The maximum Gasteiger partial charge on any atom is 0.256 e. The molecule has 1 saturated carbocycles. The Hall–Kier alpha value is -2.07. The number of hydrogen-bond donors (Lipinski definition) is 1. The van der Waals surface area contributed by atoms with Gasteiger partial charge in [0.2, 0.25) is 0 Å². The quantitative estimate of drug-likeness (QED) is 0.944. The maximum absolute atomic E-state index is 12.9. The highest BCUT2D eigenvalue weighted by atomic mass is 16.5. The summed E-state index contributed by atoms with van der Waals surface area (Å²) in [4.78, 5) is 12.9. The van der Waals surface area contributed by atoms with E-state index in [0.717, 1.165) is 29.8 Å². The van der Waals surface area contributed by atoms with Gasteiger partial charge in [-0.05, 0) is 51.0 Å². The van der Waals surface area contributed by atoms with Crippen molar-refractivity contribution in [2.75, 3.05) is 7.11 Å². The van der Waals surface area contributed by atoms with Crippen LogP contribution in [-0.4, -0.2) is 11.7 Å². The van der Waals surface area contributed by atoms with Gasteiger partial charge >= 0.3 is 0 Å². The average Bonchev–Trinajstić information content (AvgIpc) is 3.30. The zero-order valence-corrected chi connectivity index (χ0v) is 13.3. The molecule has 4 nitrogen and oxygen atoms in total. The lowest BCUT2D eigenvalue weighted by Crippen LogP contribution is -2.38. The zero-order chi connectivity index (χ0) is 15.9. The molecule has 0 spiro atoms. The van der Waals surface area contributed by atoms with E-state index in [0.29, 0.717) is 5.56 Å². The van der Waals surface area contributed by atoms with Crippen molar-refractivity contribution in [2.24, 2.45) is 5.73 Å². The lowest BCUT2D eigenvalue weighted by molar-refractivity contribution is 0.416. The number of pyridine rings is 1. The first-order chi connectivity index (χ1) is 10.4. The van der Waals surface area contributed by atoms with Crippen LogP contribution in [0.4, 0.5) is 0 Å². The Morgan fingerprint density at radius 3 is 2.45 bits per heavy atom. The summed E-state index contributed by atoms with van der Waals surface area (Å²) in [6, 6.07) is 11.9. The highest BCUT2D eigenvalue weighted by molar-refractivity contribution is 5.68. The molecule has 0 bridgehead atoms. The summed E-state index contributed by atoms with van der Waals surface area (Å²) < 4.78 is 7.34. The van der Waals surface area contributed by atoms with Crippen LogP contribution in [0.15, 0.2) is 41.2 Å². The van der Waals surface area contributed by atoms with Gasteiger partial charge in [-0.15, -0.1) is 0 Å². The molecule has 0 aliphatic heterocycles. The summed E-state index contributed by atoms with van der Waals surface area (Å²) in [5, 5.41) is 0. The monoisotopic (exact) mass is 298 g/mol. The molecule has 1 heterocycles. The molecule has 1 aromatic carbocycles. The molecule has 0 radical (unpaired) electrons. The van der Waals surface area contributed by atoms with E-state index in [1.165, 1.54) is 0 Å². The predicted octanol–water partition coefficient (Wildman–Crippen LogP) is 3.05. The van der Waals surface area contributed by atoms with Crippen LogP contribution in [0, 0.1) is 0 Å². The minimum Gasteiger partial charge on any atom is -0.496 e. The number of nitrogens with zero attached hydrogens (tertiary/aromatic N) is 1. The van der Waals surface area contributed by atoms with E-state index in [2.05, 4.69) is 0 Å². The SMILES string of the molecule is COc1ccccc1-c1ccc(C(C)(C)N)c(=O)n1C1CC1. The van der Waals surface area contributed by atoms with Crippen LogP contribution in [0.2, 0.25) is 0 Å². The van der Waals surface area contributed by atoms with Gasteiger partial charge in [0, 0.05) is 22.7 Å². The van der Waals surface area contributed by atoms with Crippen molar-refractivity contribution in [3.63, 3.8) is 0 Å². The lowest BCUT2D eigenvalue weighted by atomic mass is 9.96. The highest BCUT2D eigenvalue weighted by Gasteiger charge is 2.30. The molecular weight excluding hydrogens is 276 g/mol. The summed E-state index contributed by atoms with van der Waals surface area (Å²) >= 11 is 0. The molecule has 116 valence electrons. The van der Waals surface area contributed by atoms with Gasteiger partial charge in [-0.2, -0.15) is 0 Å². The Kier molecular flexibility index (Phi) is 3.57. The van der Waals surface area contributed by atoms with Crippen molar-refractivity contribution in [3.8, 4) is 17.0 Å². The Balaban J connectivity index is 2.25. The number of benzene rings is 1. The van der Waals surface area contributed by atoms with Crippen LogP contribution in [0.25, 0.3) is 11.3 Å². The molecule has 2 N–H and O–H groups in total.